The van der Waals surface area contributed by atoms with Gasteiger partial charge in [-0.2, -0.15) is 4.31 Å². The molecule has 0 radical (unpaired) electrons. The molecule has 1 amide bonds. The fourth-order valence-electron chi connectivity index (χ4n) is 3.05. The van der Waals surface area contributed by atoms with Gasteiger partial charge in [-0.1, -0.05) is 18.2 Å². The third-order valence-electron chi connectivity index (χ3n) is 4.30. The molecule has 25 heavy (non-hydrogen) atoms. The summed E-state index contributed by atoms with van der Waals surface area (Å²) in [5, 5.41) is 0.670. The molecule has 3 rings (SSSR count). The van der Waals surface area contributed by atoms with E-state index in [0.717, 1.165) is 24.8 Å². The standard InChI is InChI=1S/C16H22N4O3S2/c1-2-20-14-7-6-12(25(22,23)19-8-4-3-5-9-19)10-13(14)18-16(20)24-11-15(17)21/h6-7,10H,2-5,8-9,11H2,1H3,(H2,17,21). The third-order valence-corrected chi connectivity index (χ3v) is 7.19. The number of thioether (sulfide) groups is 1. The van der Waals surface area contributed by atoms with Crippen molar-refractivity contribution in [3.8, 4) is 0 Å². The SMILES string of the molecule is CCn1c(SCC(N)=O)nc2cc(S(=O)(=O)N3CCCCC3)ccc21. The highest BCUT2D eigenvalue weighted by Crippen LogP contribution is 2.28. The van der Waals surface area contributed by atoms with Crippen LogP contribution in [0.1, 0.15) is 26.2 Å². The topological polar surface area (TPSA) is 98.3 Å². The summed E-state index contributed by atoms with van der Waals surface area (Å²) < 4.78 is 29.2. The van der Waals surface area contributed by atoms with Crippen LogP contribution in [0.15, 0.2) is 28.3 Å². The molecule has 2 heterocycles. The molecule has 1 saturated heterocycles. The van der Waals surface area contributed by atoms with Crippen LogP contribution < -0.4 is 5.73 Å². The molecule has 0 spiro atoms. The van der Waals surface area contributed by atoms with Crippen molar-refractivity contribution in [1.82, 2.24) is 13.9 Å². The van der Waals surface area contributed by atoms with E-state index in [9.17, 15) is 13.2 Å². The maximum Gasteiger partial charge on any atom is 0.243 e. The molecular weight excluding hydrogens is 360 g/mol. The zero-order valence-electron chi connectivity index (χ0n) is 14.1. The molecule has 9 heteroatoms. The second-order valence-corrected chi connectivity index (χ2v) is 8.89. The second kappa shape index (κ2) is 7.35. The van der Waals surface area contributed by atoms with Gasteiger partial charge in [0.2, 0.25) is 15.9 Å². The Hall–Kier alpha value is -1.58. The molecule has 1 fully saturated rings. The average molecular weight is 383 g/mol. The summed E-state index contributed by atoms with van der Waals surface area (Å²) in [4.78, 5) is 15.8. The van der Waals surface area contributed by atoms with Gasteiger partial charge >= 0.3 is 0 Å². The van der Waals surface area contributed by atoms with Gasteiger partial charge in [-0.3, -0.25) is 4.79 Å². The summed E-state index contributed by atoms with van der Waals surface area (Å²) in [6.07, 6.45) is 2.88. The number of amides is 1. The van der Waals surface area contributed by atoms with Gasteiger partial charge in [0.1, 0.15) is 0 Å². The maximum absolute atomic E-state index is 12.8. The van der Waals surface area contributed by atoms with Crippen LogP contribution in [0.2, 0.25) is 0 Å². The summed E-state index contributed by atoms with van der Waals surface area (Å²) in [6, 6.07) is 5.05. The van der Waals surface area contributed by atoms with Crippen molar-refractivity contribution in [1.29, 1.82) is 0 Å². The van der Waals surface area contributed by atoms with Gasteiger partial charge in [-0.25, -0.2) is 13.4 Å². The Balaban J connectivity index is 1.98. The fourth-order valence-corrected chi connectivity index (χ4v) is 5.41. The van der Waals surface area contributed by atoms with Crippen molar-refractivity contribution >= 4 is 38.7 Å². The number of hydrogen-bond acceptors (Lipinski definition) is 5. The van der Waals surface area contributed by atoms with Crippen LogP contribution in [0.3, 0.4) is 0 Å². The minimum atomic E-state index is -3.49. The number of aromatic nitrogens is 2. The van der Waals surface area contributed by atoms with E-state index in [2.05, 4.69) is 4.98 Å². The van der Waals surface area contributed by atoms with E-state index in [1.807, 2.05) is 11.5 Å². The first-order chi connectivity index (χ1) is 11.9. The van der Waals surface area contributed by atoms with Crippen molar-refractivity contribution in [2.75, 3.05) is 18.8 Å². The minimum absolute atomic E-state index is 0.141. The summed E-state index contributed by atoms with van der Waals surface area (Å²) in [7, 11) is -3.49. The molecule has 0 bridgehead atoms. The van der Waals surface area contributed by atoms with Crippen molar-refractivity contribution in [3.05, 3.63) is 18.2 Å². The lowest BCUT2D eigenvalue weighted by Gasteiger charge is -2.25. The first kappa shape index (κ1) is 18.2. The Kier molecular flexibility index (Phi) is 5.35. The Morgan fingerprint density at radius 2 is 2.00 bits per heavy atom. The number of carbonyl (C=O) groups excluding carboxylic acids is 1. The minimum Gasteiger partial charge on any atom is -0.369 e. The molecule has 136 valence electrons. The summed E-state index contributed by atoms with van der Waals surface area (Å²) in [5.74, 6) is -0.268. The Morgan fingerprint density at radius 3 is 2.64 bits per heavy atom. The number of aryl methyl sites for hydroxylation is 1. The van der Waals surface area contributed by atoms with Crippen molar-refractivity contribution in [3.63, 3.8) is 0 Å². The van der Waals surface area contributed by atoms with Crippen LogP contribution >= 0.6 is 11.8 Å². The van der Waals surface area contributed by atoms with E-state index >= 15 is 0 Å². The lowest BCUT2D eigenvalue weighted by molar-refractivity contribution is -0.115. The Bertz CT molecular complexity index is 886. The predicted molar refractivity (Wildman–Crippen MR) is 97.9 cm³/mol. The van der Waals surface area contributed by atoms with Crippen molar-refractivity contribution in [2.24, 2.45) is 5.73 Å². The summed E-state index contributed by atoms with van der Waals surface area (Å²) in [6.45, 7) is 3.80. The zero-order valence-corrected chi connectivity index (χ0v) is 15.8. The molecule has 2 N–H and O–H groups in total. The lowest BCUT2D eigenvalue weighted by atomic mass is 10.2. The first-order valence-corrected chi connectivity index (χ1v) is 10.8. The van der Waals surface area contributed by atoms with Gasteiger partial charge in [0.15, 0.2) is 5.16 Å². The van der Waals surface area contributed by atoms with Gasteiger partial charge in [-0.15, -0.1) is 0 Å². The highest BCUT2D eigenvalue weighted by atomic mass is 32.2. The highest BCUT2D eigenvalue weighted by Gasteiger charge is 2.26. The largest absolute Gasteiger partial charge is 0.369 e. The normalized spacial score (nSPS) is 16.4. The fraction of sp³-hybridized carbons (Fsp3) is 0.500. The predicted octanol–water partition coefficient (Wildman–Crippen LogP) is 1.81. The zero-order chi connectivity index (χ0) is 18.0. The molecule has 1 aromatic heterocycles. The average Bonchev–Trinajstić information content (AvgIpc) is 2.97. The molecule has 2 aromatic rings. The number of nitrogens with two attached hydrogens (primary N) is 1. The molecule has 0 saturated carbocycles. The van der Waals surface area contributed by atoms with Gasteiger partial charge in [0.05, 0.1) is 21.7 Å². The number of nitrogens with zero attached hydrogens (tertiary/aromatic N) is 3. The number of sulfonamides is 1. The van der Waals surface area contributed by atoms with Crippen LogP contribution in [-0.2, 0) is 21.4 Å². The van der Waals surface area contributed by atoms with Gasteiger partial charge < -0.3 is 10.3 Å². The number of carbonyl (C=O) groups is 1. The van der Waals surface area contributed by atoms with Crippen LogP contribution in [0, 0.1) is 0 Å². The van der Waals surface area contributed by atoms with E-state index in [4.69, 9.17) is 5.73 Å². The Morgan fingerprint density at radius 1 is 1.28 bits per heavy atom. The molecule has 0 atom stereocenters. The summed E-state index contributed by atoms with van der Waals surface area (Å²) in [5.41, 5.74) is 6.68. The number of piperidine rings is 1. The van der Waals surface area contributed by atoms with Crippen LogP contribution in [0.25, 0.3) is 11.0 Å². The molecule has 1 aliphatic rings. The number of imidazole rings is 1. The van der Waals surface area contributed by atoms with Crippen LogP contribution in [-0.4, -0.2) is 47.0 Å². The van der Waals surface area contributed by atoms with E-state index in [1.165, 1.54) is 11.8 Å². The second-order valence-electron chi connectivity index (χ2n) is 6.01. The van der Waals surface area contributed by atoms with E-state index in [1.54, 1.807) is 22.5 Å². The third kappa shape index (κ3) is 3.68. The van der Waals surface area contributed by atoms with Crippen LogP contribution in [0.4, 0.5) is 0 Å². The van der Waals surface area contributed by atoms with Gasteiger partial charge in [0.25, 0.3) is 0 Å². The molecule has 0 unspecified atom stereocenters. The van der Waals surface area contributed by atoms with Crippen LogP contribution in [0.5, 0.6) is 0 Å². The molecule has 7 nitrogen and oxygen atoms in total. The van der Waals surface area contributed by atoms with E-state index in [-0.39, 0.29) is 10.6 Å². The van der Waals surface area contributed by atoms with Gasteiger partial charge in [-0.05, 0) is 38.0 Å². The number of benzene rings is 1. The lowest BCUT2D eigenvalue weighted by Crippen LogP contribution is -2.35. The molecular formula is C16H22N4O3S2. The molecule has 1 aliphatic heterocycles. The smallest absolute Gasteiger partial charge is 0.243 e. The monoisotopic (exact) mass is 382 g/mol. The van der Waals surface area contributed by atoms with E-state index < -0.39 is 15.9 Å². The van der Waals surface area contributed by atoms with E-state index in [0.29, 0.717) is 30.3 Å². The first-order valence-electron chi connectivity index (χ1n) is 8.35. The van der Waals surface area contributed by atoms with Gasteiger partial charge in [0, 0.05) is 19.6 Å². The highest BCUT2D eigenvalue weighted by molar-refractivity contribution is 7.99. The summed E-state index contributed by atoms with van der Waals surface area (Å²) >= 11 is 1.26. The van der Waals surface area contributed by atoms with Crippen molar-refractivity contribution < 1.29 is 13.2 Å². The number of rotatable bonds is 6. The quantitative estimate of drug-likeness (QED) is 0.768. The number of hydrogen-bond donors (Lipinski definition) is 1. The Labute approximate surface area is 151 Å². The van der Waals surface area contributed by atoms with Crippen molar-refractivity contribution in [2.45, 2.75) is 42.8 Å². The number of primary amides is 1. The number of fused-ring (bicyclic) bond motifs is 1. The molecule has 0 aliphatic carbocycles. The molecule has 1 aromatic carbocycles. The maximum atomic E-state index is 12.8.